The summed E-state index contributed by atoms with van der Waals surface area (Å²) in [6.45, 7) is 3.15. The molecule has 0 saturated carbocycles. The molecule has 2 atom stereocenters. The van der Waals surface area contributed by atoms with Crippen LogP contribution in [0.4, 0.5) is 5.82 Å². The highest BCUT2D eigenvalue weighted by atomic mass is 16.4. The summed E-state index contributed by atoms with van der Waals surface area (Å²) < 4.78 is 0. The van der Waals surface area contributed by atoms with Gasteiger partial charge in [-0.3, -0.25) is 0 Å². The van der Waals surface area contributed by atoms with Gasteiger partial charge in [-0.15, -0.1) is 0 Å². The minimum absolute atomic E-state index is 0.0440. The number of aromatic nitrogens is 1. The lowest BCUT2D eigenvalue weighted by Crippen LogP contribution is -2.35. The maximum Gasteiger partial charge on any atom is 0.171 e. The van der Waals surface area contributed by atoms with Crippen molar-refractivity contribution in [2.24, 2.45) is 16.8 Å². The van der Waals surface area contributed by atoms with Crippen LogP contribution >= 0.6 is 0 Å². The number of nitrogens with zero attached hydrogens (tertiary/aromatic N) is 3. The third kappa shape index (κ3) is 2.24. The van der Waals surface area contributed by atoms with E-state index in [9.17, 15) is 5.11 Å². The molecule has 1 aromatic heterocycles. The molecule has 1 aromatic rings. The molecule has 0 aromatic carbocycles. The third-order valence-electron chi connectivity index (χ3n) is 3.52. The molecule has 1 saturated heterocycles. The molecule has 0 radical (unpaired) electrons. The van der Waals surface area contributed by atoms with Gasteiger partial charge in [0, 0.05) is 18.3 Å². The van der Waals surface area contributed by atoms with Gasteiger partial charge in [0.2, 0.25) is 0 Å². The molecule has 1 aliphatic heterocycles. The number of aliphatic hydroxyl groups is 1. The Morgan fingerprint density at radius 2 is 2.39 bits per heavy atom. The Morgan fingerprint density at radius 3 is 2.94 bits per heavy atom. The van der Waals surface area contributed by atoms with Crippen molar-refractivity contribution in [2.45, 2.75) is 19.4 Å². The van der Waals surface area contributed by atoms with Crippen LogP contribution < -0.4 is 10.6 Å². The maximum absolute atomic E-state index is 9.41. The van der Waals surface area contributed by atoms with E-state index in [1.165, 1.54) is 0 Å². The quantitative estimate of drug-likeness (QED) is 0.312. The Balaban J connectivity index is 2.19. The lowest BCUT2D eigenvalue weighted by Gasteiger charge is -2.26. The van der Waals surface area contributed by atoms with Gasteiger partial charge in [0.25, 0.3) is 0 Å². The zero-order chi connectivity index (χ0) is 13.1. The van der Waals surface area contributed by atoms with E-state index >= 15 is 0 Å². The van der Waals surface area contributed by atoms with Crippen LogP contribution in [-0.4, -0.2) is 40.3 Å². The normalized spacial score (nSPS) is 24.6. The van der Waals surface area contributed by atoms with Gasteiger partial charge in [-0.1, -0.05) is 12.1 Å². The summed E-state index contributed by atoms with van der Waals surface area (Å²) in [4.78, 5) is 6.40. The van der Waals surface area contributed by atoms with Crippen LogP contribution in [0.3, 0.4) is 0 Å². The van der Waals surface area contributed by atoms with Crippen LogP contribution in [0.5, 0.6) is 0 Å². The Hall–Kier alpha value is -1.82. The molecule has 0 amide bonds. The summed E-state index contributed by atoms with van der Waals surface area (Å²) in [6.07, 6.45) is 2.62. The van der Waals surface area contributed by atoms with Crippen molar-refractivity contribution in [3.63, 3.8) is 0 Å². The molecular formula is C12H18N4O2. The molecule has 4 N–H and O–H groups in total. The van der Waals surface area contributed by atoms with E-state index in [-0.39, 0.29) is 18.5 Å². The van der Waals surface area contributed by atoms with E-state index in [1.54, 1.807) is 12.3 Å². The molecule has 2 heterocycles. The van der Waals surface area contributed by atoms with Crippen LogP contribution in [-0.2, 0) is 0 Å². The predicted molar refractivity (Wildman–Crippen MR) is 68.7 cm³/mol. The van der Waals surface area contributed by atoms with Gasteiger partial charge in [0.15, 0.2) is 5.84 Å². The molecule has 0 bridgehead atoms. The zero-order valence-corrected chi connectivity index (χ0v) is 10.3. The SMILES string of the molecule is CC1CCN(c2ccc(/C(N)=N/O)cn2)C1CO. The second-order valence-electron chi connectivity index (χ2n) is 4.60. The highest BCUT2D eigenvalue weighted by molar-refractivity contribution is 5.96. The van der Waals surface area contributed by atoms with Gasteiger partial charge in [0.1, 0.15) is 5.82 Å². The van der Waals surface area contributed by atoms with Gasteiger partial charge in [-0.05, 0) is 24.5 Å². The molecule has 1 aliphatic rings. The molecule has 98 valence electrons. The first-order valence-corrected chi connectivity index (χ1v) is 5.98. The monoisotopic (exact) mass is 250 g/mol. The number of hydrogen-bond donors (Lipinski definition) is 3. The van der Waals surface area contributed by atoms with Crippen molar-refractivity contribution < 1.29 is 10.3 Å². The molecule has 0 spiro atoms. The minimum Gasteiger partial charge on any atom is -0.409 e. The van der Waals surface area contributed by atoms with Crippen molar-refractivity contribution in [2.75, 3.05) is 18.1 Å². The number of anilines is 1. The number of nitrogens with two attached hydrogens (primary N) is 1. The lowest BCUT2D eigenvalue weighted by atomic mass is 10.0. The van der Waals surface area contributed by atoms with Gasteiger partial charge in [0.05, 0.1) is 12.6 Å². The summed E-state index contributed by atoms with van der Waals surface area (Å²) >= 11 is 0. The standard InChI is InChI=1S/C12H18N4O2/c1-8-4-5-16(10(8)7-17)11-3-2-9(6-14-11)12(13)15-18/h2-3,6,8,10,17-18H,4-5,7H2,1H3,(H2,13,15). The van der Waals surface area contributed by atoms with Crippen LogP contribution in [0.15, 0.2) is 23.5 Å². The first-order chi connectivity index (χ1) is 8.67. The van der Waals surface area contributed by atoms with E-state index in [2.05, 4.69) is 22.0 Å². The van der Waals surface area contributed by atoms with Crippen LogP contribution in [0, 0.1) is 5.92 Å². The molecular weight excluding hydrogens is 232 g/mol. The molecule has 1 fully saturated rings. The minimum atomic E-state index is 0.0440. The fourth-order valence-corrected chi connectivity index (χ4v) is 2.34. The fourth-order valence-electron chi connectivity index (χ4n) is 2.34. The highest BCUT2D eigenvalue weighted by Gasteiger charge is 2.31. The summed E-state index contributed by atoms with van der Waals surface area (Å²) in [5.41, 5.74) is 6.06. The smallest absolute Gasteiger partial charge is 0.171 e. The summed E-state index contributed by atoms with van der Waals surface area (Å²) in [7, 11) is 0. The second-order valence-corrected chi connectivity index (χ2v) is 4.60. The van der Waals surface area contributed by atoms with Crippen LogP contribution in [0.25, 0.3) is 0 Å². The number of aliphatic hydroxyl groups excluding tert-OH is 1. The molecule has 18 heavy (non-hydrogen) atoms. The summed E-state index contributed by atoms with van der Waals surface area (Å²) in [6, 6.07) is 3.70. The predicted octanol–water partition coefficient (Wildman–Crippen LogP) is 0.383. The van der Waals surface area contributed by atoms with Gasteiger partial charge >= 0.3 is 0 Å². The maximum atomic E-state index is 9.41. The number of hydrogen-bond acceptors (Lipinski definition) is 5. The average Bonchev–Trinajstić information content (AvgIpc) is 2.79. The summed E-state index contributed by atoms with van der Waals surface area (Å²) in [5, 5.41) is 20.9. The third-order valence-corrected chi connectivity index (χ3v) is 3.52. The van der Waals surface area contributed by atoms with Gasteiger partial charge in [-0.25, -0.2) is 4.98 Å². The van der Waals surface area contributed by atoms with Gasteiger partial charge < -0.3 is 20.9 Å². The van der Waals surface area contributed by atoms with E-state index < -0.39 is 0 Å². The Bertz CT molecular complexity index is 432. The largest absolute Gasteiger partial charge is 0.409 e. The van der Waals surface area contributed by atoms with E-state index in [0.717, 1.165) is 18.8 Å². The lowest BCUT2D eigenvalue weighted by molar-refractivity contribution is 0.244. The molecule has 6 heteroatoms. The topological polar surface area (TPSA) is 95.0 Å². The Labute approximate surface area is 106 Å². The molecule has 2 unspecified atom stereocenters. The van der Waals surface area contributed by atoms with Crippen molar-refractivity contribution in [1.29, 1.82) is 0 Å². The first-order valence-electron chi connectivity index (χ1n) is 5.98. The van der Waals surface area contributed by atoms with Crippen molar-refractivity contribution in [1.82, 2.24) is 4.98 Å². The van der Waals surface area contributed by atoms with Crippen LogP contribution in [0.1, 0.15) is 18.9 Å². The fraction of sp³-hybridized carbons (Fsp3) is 0.500. The number of amidine groups is 1. The van der Waals surface area contributed by atoms with Gasteiger partial charge in [-0.2, -0.15) is 0 Å². The van der Waals surface area contributed by atoms with Crippen molar-refractivity contribution in [3.8, 4) is 0 Å². The van der Waals surface area contributed by atoms with E-state index in [1.807, 2.05) is 6.07 Å². The van der Waals surface area contributed by atoms with Crippen LogP contribution in [0.2, 0.25) is 0 Å². The number of rotatable bonds is 3. The number of oxime groups is 1. The Kier molecular flexibility index (Phi) is 3.66. The first kappa shape index (κ1) is 12.6. The molecule has 0 aliphatic carbocycles. The molecule has 2 rings (SSSR count). The van der Waals surface area contributed by atoms with E-state index in [0.29, 0.717) is 11.5 Å². The number of pyridine rings is 1. The zero-order valence-electron chi connectivity index (χ0n) is 10.3. The second kappa shape index (κ2) is 5.22. The van der Waals surface area contributed by atoms with Crippen molar-refractivity contribution in [3.05, 3.63) is 23.9 Å². The Morgan fingerprint density at radius 1 is 1.61 bits per heavy atom. The van der Waals surface area contributed by atoms with Crippen molar-refractivity contribution >= 4 is 11.7 Å². The molecule has 6 nitrogen and oxygen atoms in total. The average molecular weight is 250 g/mol. The highest BCUT2D eigenvalue weighted by Crippen LogP contribution is 2.27. The summed E-state index contributed by atoms with van der Waals surface area (Å²) in [5.74, 6) is 1.32. The van der Waals surface area contributed by atoms with E-state index in [4.69, 9.17) is 10.9 Å².